The summed E-state index contributed by atoms with van der Waals surface area (Å²) in [5.41, 5.74) is 0. The van der Waals surface area contributed by atoms with Crippen LogP contribution in [0, 0.1) is 0 Å². The van der Waals surface area contributed by atoms with Crippen molar-refractivity contribution in [3.8, 4) is 0 Å². The zero-order valence-corrected chi connectivity index (χ0v) is 43.2. The summed E-state index contributed by atoms with van der Waals surface area (Å²) in [6, 6.07) is 0. The van der Waals surface area contributed by atoms with Gasteiger partial charge in [0.1, 0.15) is 13.2 Å². The zero-order chi connectivity index (χ0) is 47.9. The Morgan fingerprint density at radius 2 is 0.652 bits per heavy atom. The second-order valence-electron chi connectivity index (χ2n) is 18.2. The Labute approximate surface area is 407 Å². The molecule has 0 bridgehead atoms. The highest BCUT2D eigenvalue weighted by atomic mass is 16.6. The summed E-state index contributed by atoms with van der Waals surface area (Å²) in [5.74, 6) is -0.944. The third kappa shape index (κ3) is 51.6. The fourth-order valence-electron chi connectivity index (χ4n) is 7.51. The zero-order valence-electron chi connectivity index (χ0n) is 43.2. The minimum atomic E-state index is -0.799. The van der Waals surface area contributed by atoms with Crippen LogP contribution in [0.2, 0.25) is 0 Å². The molecule has 378 valence electrons. The van der Waals surface area contributed by atoms with Crippen LogP contribution in [0.25, 0.3) is 0 Å². The van der Waals surface area contributed by atoms with Crippen molar-refractivity contribution < 1.29 is 28.6 Å². The van der Waals surface area contributed by atoms with E-state index in [1.807, 2.05) is 0 Å². The van der Waals surface area contributed by atoms with Gasteiger partial charge in [-0.15, -0.1) is 0 Å². The van der Waals surface area contributed by atoms with E-state index in [0.29, 0.717) is 19.3 Å². The molecule has 0 aromatic rings. The molecule has 66 heavy (non-hydrogen) atoms. The highest BCUT2D eigenvalue weighted by Gasteiger charge is 2.19. The summed E-state index contributed by atoms with van der Waals surface area (Å²) in [6.45, 7) is 6.47. The van der Waals surface area contributed by atoms with Gasteiger partial charge in [0.05, 0.1) is 0 Å². The van der Waals surface area contributed by atoms with Crippen molar-refractivity contribution in [3.05, 3.63) is 85.1 Å². The van der Waals surface area contributed by atoms with Crippen LogP contribution in [-0.4, -0.2) is 37.2 Å². The molecule has 1 unspecified atom stereocenters. The predicted octanol–water partition coefficient (Wildman–Crippen LogP) is 18.4. The van der Waals surface area contributed by atoms with Crippen LogP contribution in [-0.2, 0) is 28.6 Å². The Balaban J connectivity index is 4.47. The SMILES string of the molecule is CC/C=C\C/C=C\C/C=C\CCCCCCC(=O)OCC(COC(=O)CCCCCCC\C=C/C=C\C=C/CCCCCCC)OC(=O)CCCCCCC/C=C\CCCCCCCCC. The van der Waals surface area contributed by atoms with E-state index >= 15 is 0 Å². The van der Waals surface area contributed by atoms with Gasteiger partial charge in [-0.05, 0) is 103 Å². The van der Waals surface area contributed by atoms with Crippen LogP contribution < -0.4 is 0 Å². The Morgan fingerprint density at radius 3 is 1.06 bits per heavy atom. The number of carbonyl (C=O) groups is 3. The van der Waals surface area contributed by atoms with Gasteiger partial charge in [0.25, 0.3) is 0 Å². The molecule has 6 heteroatoms. The van der Waals surface area contributed by atoms with E-state index in [4.69, 9.17) is 14.2 Å². The molecule has 0 amide bonds. The molecule has 0 saturated carbocycles. The molecule has 0 radical (unpaired) electrons. The maximum Gasteiger partial charge on any atom is 0.306 e. The summed E-state index contributed by atoms with van der Waals surface area (Å²) >= 11 is 0. The van der Waals surface area contributed by atoms with Crippen molar-refractivity contribution in [3.63, 3.8) is 0 Å². The first-order valence-corrected chi connectivity index (χ1v) is 27.6. The minimum absolute atomic E-state index is 0.0981. The number of hydrogen-bond acceptors (Lipinski definition) is 6. The average Bonchev–Trinajstić information content (AvgIpc) is 3.31. The van der Waals surface area contributed by atoms with Crippen LogP contribution in [0.1, 0.15) is 258 Å². The lowest BCUT2D eigenvalue weighted by atomic mass is 10.1. The van der Waals surface area contributed by atoms with Crippen LogP contribution >= 0.6 is 0 Å². The lowest BCUT2D eigenvalue weighted by Gasteiger charge is -2.18. The van der Waals surface area contributed by atoms with Crippen molar-refractivity contribution in [2.45, 2.75) is 264 Å². The molecule has 0 aliphatic carbocycles. The van der Waals surface area contributed by atoms with E-state index in [1.165, 1.54) is 89.9 Å². The highest BCUT2D eigenvalue weighted by Crippen LogP contribution is 2.14. The topological polar surface area (TPSA) is 78.9 Å². The molecule has 0 aromatic heterocycles. The number of ether oxygens (including phenoxy) is 3. The standard InChI is InChI=1S/C60H102O6/c1-4-7-10-13-16-19-22-25-28-30-31-33-35-38-41-44-47-50-53-59(62)65-56-57(55-64-58(61)52-49-46-43-40-37-34-27-24-21-18-15-12-9-6-3)66-60(63)54-51-48-45-42-39-36-32-29-26-23-20-17-14-11-8-5-2/h9,12,18,21-22,25,27-34,57H,4-8,10-11,13-17,19-20,23-24,26,35-56H2,1-3H3/b12-9-,21-18-,25-22-,30-28-,32-29-,33-31-,34-27-. The van der Waals surface area contributed by atoms with Gasteiger partial charge in [-0.3, -0.25) is 14.4 Å². The second-order valence-corrected chi connectivity index (χ2v) is 18.2. The summed E-state index contributed by atoms with van der Waals surface area (Å²) in [4.78, 5) is 38.1. The van der Waals surface area contributed by atoms with Crippen molar-refractivity contribution in [2.24, 2.45) is 0 Å². The van der Waals surface area contributed by atoms with Crippen molar-refractivity contribution in [1.82, 2.24) is 0 Å². The summed E-state index contributed by atoms with van der Waals surface area (Å²) in [7, 11) is 0. The van der Waals surface area contributed by atoms with Crippen molar-refractivity contribution in [1.29, 1.82) is 0 Å². The number of rotatable bonds is 49. The molecule has 0 spiro atoms. The smallest absolute Gasteiger partial charge is 0.306 e. The Kier molecular flexibility index (Phi) is 51.4. The van der Waals surface area contributed by atoms with Gasteiger partial charge in [0.15, 0.2) is 6.10 Å². The molecule has 0 rings (SSSR count). The summed E-state index contributed by atoms with van der Waals surface area (Å²) in [5, 5.41) is 0. The first-order chi connectivity index (χ1) is 32.5. The number of carbonyl (C=O) groups excluding carboxylic acids is 3. The third-order valence-corrected chi connectivity index (χ3v) is 11.7. The number of unbranched alkanes of at least 4 members (excludes halogenated alkanes) is 26. The average molecular weight is 919 g/mol. The second kappa shape index (κ2) is 54.2. The van der Waals surface area contributed by atoms with Gasteiger partial charge in [-0.2, -0.15) is 0 Å². The molecule has 0 N–H and O–H groups in total. The fourth-order valence-corrected chi connectivity index (χ4v) is 7.51. The van der Waals surface area contributed by atoms with Gasteiger partial charge in [-0.1, -0.05) is 221 Å². The molecule has 0 heterocycles. The number of esters is 3. The molecule has 0 aromatic carbocycles. The fraction of sp³-hybridized carbons (Fsp3) is 0.717. The Morgan fingerprint density at radius 1 is 0.333 bits per heavy atom. The van der Waals surface area contributed by atoms with Crippen LogP contribution in [0.3, 0.4) is 0 Å². The maximum absolute atomic E-state index is 12.8. The maximum atomic E-state index is 12.8. The molecule has 0 saturated heterocycles. The Hall–Kier alpha value is -3.41. The normalized spacial score (nSPS) is 12.7. The molecule has 0 fully saturated rings. The largest absolute Gasteiger partial charge is 0.462 e. The predicted molar refractivity (Wildman–Crippen MR) is 284 cm³/mol. The van der Waals surface area contributed by atoms with E-state index < -0.39 is 6.10 Å². The molecular formula is C60H102O6. The summed E-state index contributed by atoms with van der Waals surface area (Å²) in [6.07, 6.45) is 69.9. The lowest BCUT2D eigenvalue weighted by molar-refractivity contribution is -0.167. The first kappa shape index (κ1) is 62.6. The lowest BCUT2D eigenvalue weighted by Crippen LogP contribution is -2.30. The van der Waals surface area contributed by atoms with E-state index in [0.717, 1.165) is 128 Å². The highest BCUT2D eigenvalue weighted by molar-refractivity contribution is 5.71. The third-order valence-electron chi connectivity index (χ3n) is 11.7. The molecule has 6 nitrogen and oxygen atoms in total. The van der Waals surface area contributed by atoms with Gasteiger partial charge < -0.3 is 14.2 Å². The van der Waals surface area contributed by atoms with E-state index in [1.54, 1.807) is 0 Å². The van der Waals surface area contributed by atoms with Crippen molar-refractivity contribution >= 4 is 17.9 Å². The molecule has 1 atom stereocenters. The van der Waals surface area contributed by atoms with Gasteiger partial charge >= 0.3 is 17.9 Å². The first-order valence-electron chi connectivity index (χ1n) is 27.6. The Bertz CT molecular complexity index is 1290. The van der Waals surface area contributed by atoms with Crippen molar-refractivity contribution in [2.75, 3.05) is 13.2 Å². The van der Waals surface area contributed by atoms with Gasteiger partial charge in [0.2, 0.25) is 0 Å². The van der Waals surface area contributed by atoms with E-state index in [-0.39, 0.29) is 31.1 Å². The quantitative estimate of drug-likeness (QED) is 0.0199. The number of hydrogen-bond donors (Lipinski definition) is 0. The monoisotopic (exact) mass is 919 g/mol. The minimum Gasteiger partial charge on any atom is -0.462 e. The van der Waals surface area contributed by atoms with E-state index in [2.05, 4.69) is 106 Å². The number of allylic oxidation sites excluding steroid dienone is 14. The van der Waals surface area contributed by atoms with Crippen LogP contribution in [0.5, 0.6) is 0 Å². The molecule has 0 aliphatic rings. The van der Waals surface area contributed by atoms with Gasteiger partial charge in [0, 0.05) is 19.3 Å². The van der Waals surface area contributed by atoms with E-state index in [9.17, 15) is 14.4 Å². The molecular weight excluding hydrogens is 817 g/mol. The van der Waals surface area contributed by atoms with Gasteiger partial charge in [-0.25, -0.2) is 0 Å². The summed E-state index contributed by atoms with van der Waals surface area (Å²) < 4.78 is 16.8. The van der Waals surface area contributed by atoms with Crippen LogP contribution in [0.15, 0.2) is 85.1 Å². The molecule has 0 aliphatic heterocycles. The van der Waals surface area contributed by atoms with Crippen LogP contribution in [0.4, 0.5) is 0 Å².